The predicted molar refractivity (Wildman–Crippen MR) is 197 cm³/mol. The van der Waals surface area contributed by atoms with E-state index in [1.165, 1.54) is 90.1 Å². The standard InChI is InChI=1S/C42H25NS2/c1-2-9-26(10-3-1)27-17-19-28(20-18-27)29-21-24-36-35(25-29)32-22-23-34-31-12-5-7-16-39(31)45-42(34)40(32)43(36)37-14-8-13-33-30-11-4-6-15-38(30)44-41(33)37/h1-25H. The fraction of sp³-hybridized carbons (Fsp3) is 0. The van der Waals surface area contributed by atoms with Crippen LogP contribution in [0.15, 0.2) is 152 Å². The van der Waals surface area contributed by atoms with Gasteiger partial charge in [-0.1, -0.05) is 121 Å². The smallest absolute Gasteiger partial charge is 0.0720 e. The Labute approximate surface area is 267 Å². The molecular formula is C42H25NS2. The zero-order valence-electron chi connectivity index (χ0n) is 24.2. The van der Waals surface area contributed by atoms with Gasteiger partial charge in [0.15, 0.2) is 0 Å². The third-order valence-corrected chi connectivity index (χ3v) is 11.6. The van der Waals surface area contributed by atoms with Gasteiger partial charge in [-0.15, -0.1) is 22.7 Å². The van der Waals surface area contributed by atoms with Crippen molar-refractivity contribution in [3.8, 4) is 27.9 Å². The highest BCUT2D eigenvalue weighted by Gasteiger charge is 2.20. The van der Waals surface area contributed by atoms with Gasteiger partial charge in [-0.25, -0.2) is 0 Å². The van der Waals surface area contributed by atoms with E-state index in [1.54, 1.807) is 0 Å². The Bertz CT molecular complexity index is 2740. The van der Waals surface area contributed by atoms with E-state index in [9.17, 15) is 0 Å². The van der Waals surface area contributed by atoms with Crippen LogP contribution in [0.3, 0.4) is 0 Å². The molecule has 0 unspecified atom stereocenters. The van der Waals surface area contributed by atoms with Crippen molar-refractivity contribution in [1.29, 1.82) is 0 Å². The van der Waals surface area contributed by atoms with E-state index in [1.807, 2.05) is 22.7 Å². The van der Waals surface area contributed by atoms with Crippen molar-refractivity contribution >= 4 is 84.8 Å². The molecule has 7 aromatic carbocycles. The lowest BCUT2D eigenvalue weighted by molar-refractivity contribution is 1.21. The molecule has 0 saturated heterocycles. The van der Waals surface area contributed by atoms with Crippen LogP contribution in [0.4, 0.5) is 0 Å². The molecule has 0 fully saturated rings. The van der Waals surface area contributed by atoms with Gasteiger partial charge in [0.1, 0.15) is 0 Å². The van der Waals surface area contributed by atoms with E-state index >= 15 is 0 Å². The van der Waals surface area contributed by atoms with Gasteiger partial charge in [0.05, 0.1) is 26.1 Å². The SMILES string of the molecule is c1ccc(-c2ccc(-c3ccc4c(c3)c3ccc5c6ccccc6sc5c3n4-c3cccc4c3sc3ccccc34)cc2)cc1. The summed E-state index contributed by atoms with van der Waals surface area (Å²) in [6.07, 6.45) is 0. The highest BCUT2D eigenvalue weighted by Crippen LogP contribution is 2.46. The monoisotopic (exact) mass is 607 g/mol. The van der Waals surface area contributed by atoms with Crippen LogP contribution in [0.1, 0.15) is 0 Å². The second-order valence-electron chi connectivity index (χ2n) is 11.7. The molecule has 3 heterocycles. The first-order valence-electron chi connectivity index (χ1n) is 15.3. The van der Waals surface area contributed by atoms with E-state index < -0.39 is 0 Å². The number of rotatable bonds is 3. The fourth-order valence-electron chi connectivity index (χ4n) is 7.11. The predicted octanol–water partition coefficient (Wildman–Crippen LogP) is 12.9. The maximum Gasteiger partial charge on any atom is 0.0720 e. The minimum absolute atomic E-state index is 1.23. The lowest BCUT2D eigenvalue weighted by Crippen LogP contribution is -1.94. The summed E-state index contributed by atoms with van der Waals surface area (Å²) in [5, 5.41) is 7.88. The number of fused-ring (bicyclic) bond motifs is 10. The van der Waals surface area contributed by atoms with E-state index in [4.69, 9.17) is 0 Å². The van der Waals surface area contributed by atoms with Crippen LogP contribution in [0.2, 0.25) is 0 Å². The Kier molecular flexibility index (Phi) is 5.39. The van der Waals surface area contributed by atoms with E-state index in [0.29, 0.717) is 0 Å². The molecule has 210 valence electrons. The molecule has 10 aromatic rings. The molecule has 10 rings (SSSR count). The average Bonchev–Trinajstić information content (AvgIpc) is 3.78. The number of nitrogens with zero attached hydrogens (tertiary/aromatic N) is 1. The van der Waals surface area contributed by atoms with Crippen molar-refractivity contribution in [3.63, 3.8) is 0 Å². The minimum Gasteiger partial charge on any atom is -0.306 e. The normalized spacial score (nSPS) is 12.0. The van der Waals surface area contributed by atoms with Crippen LogP contribution in [-0.2, 0) is 0 Å². The molecule has 0 aliphatic carbocycles. The molecule has 0 aliphatic rings. The molecule has 0 saturated carbocycles. The first-order chi connectivity index (χ1) is 22.3. The largest absolute Gasteiger partial charge is 0.306 e. The van der Waals surface area contributed by atoms with Crippen molar-refractivity contribution in [2.75, 3.05) is 0 Å². The van der Waals surface area contributed by atoms with E-state index in [2.05, 4.69) is 156 Å². The lowest BCUT2D eigenvalue weighted by atomic mass is 9.99. The second-order valence-corrected chi connectivity index (χ2v) is 13.8. The number of hydrogen-bond donors (Lipinski definition) is 0. The maximum absolute atomic E-state index is 2.54. The van der Waals surface area contributed by atoms with Gasteiger partial charge >= 0.3 is 0 Å². The number of aromatic nitrogens is 1. The van der Waals surface area contributed by atoms with Gasteiger partial charge in [0, 0.05) is 41.7 Å². The molecule has 1 nitrogen and oxygen atoms in total. The highest BCUT2D eigenvalue weighted by atomic mass is 32.1. The van der Waals surface area contributed by atoms with Gasteiger partial charge in [-0.3, -0.25) is 0 Å². The summed E-state index contributed by atoms with van der Waals surface area (Å²) in [5.74, 6) is 0. The van der Waals surface area contributed by atoms with Crippen molar-refractivity contribution in [3.05, 3.63) is 152 Å². The molecule has 0 spiro atoms. The van der Waals surface area contributed by atoms with Crippen LogP contribution in [0.5, 0.6) is 0 Å². The first kappa shape index (κ1) is 25.1. The van der Waals surface area contributed by atoms with Gasteiger partial charge in [0.2, 0.25) is 0 Å². The topological polar surface area (TPSA) is 4.93 Å². The van der Waals surface area contributed by atoms with Crippen LogP contribution in [-0.4, -0.2) is 4.57 Å². The Morgan fingerprint density at radius 2 is 0.911 bits per heavy atom. The Morgan fingerprint density at radius 1 is 0.356 bits per heavy atom. The van der Waals surface area contributed by atoms with Gasteiger partial charge < -0.3 is 4.57 Å². The van der Waals surface area contributed by atoms with Crippen LogP contribution < -0.4 is 0 Å². The molecule has 0 atom stereocenters. The zero-order chi connectivity index (χ0) is 29.5. The summed E-state index contributed by atoms with van der Waals surface area (Å²) in [5.41, 5.74) is 8.73. The summed E-state index contributed by atoms with van der Waals surface area (Å²) < 4.78 is 7.88. The molecule has 0 radical (unpaired) electrons. The van der Waals surface area contributed by atoms with Crippen LogP contribution >= 0.6 is 22.7 Å². The molecular weight excluding hydrogens is 583 g/mol. The Balaban J connectivity index is 1.27. The summed E-state index contributed by atoms with van der Waals surface area (Å²) in [7, 11) is 0. The highest BCUT2D eigenvalue weighted by molar-refractivity contribution is 7.27. The number of thiophene rings is 2. The van der Waals surface area contributed by atoms with Crippen LogP contribution in [0, 0.1) is 0 Å². The quantitative estimate of drug-likeness (QED) is 0.188. The summed E-state index contributed by atoms with van der Waals surface area (Å²) in [4.78, 5) is 0. The van der Waals surface area contributed by atoms with E-state index in [-0.39, 0.29) is 0 Å². The Hall–Kier alpha value is -5.22. The van der Waals surface area contributed by atoms with Gasteiger partial charge in [-0.05, 0) is 52.6 Å². The van der Waals surface area contributed by atoms with Crippen molar-refractivity contribution in [2.24, 2.45) is 0 Å². The second kappa shape index (κ2) is 9.64. The molecule has 3 heteroatoms. The van der Waals surface area contributed by atoms with Gasteiger partial charge in [0.25, 0.3) is 0 Å². The lowest BCUT2D eigenvalue weighted by Gasteiger charge is -2.10. The third-order valence-electron chi connectivity index (χ3n) is 9.22. The fourth-order valence-corrected chi connectivity index (χ4v) is 9.55. The summed E-state index contributed by atoms with van der Waals surface area (Å²) in [6, 6.07) is 55.7. The molecule has 0 bridgehead atoms. The molecule has 3 aromatic heterocycles. The average molecular weight is 608 g/mol. The third kappa shape index (κ3) is 3.72. The molecule has 0 N–H and O–H groups in total. The Morgan fingerprint density at radius 3 is 1.67 bits per heavy atom. The van der Waals surface area contributed by atoms with Gasteiger partial charge in [-0.2, -0.15) is 0 Å². The summed E-state index contributed by atoms with van der Waals surface area (Å²) in [6.45, 7) is 0. The number of hydrogen-bond acceptors (Lipinski definition) is 2. The van der Waals surface area contributed by atoms with Crippen molar-refractivity contribution in [1.82, 2.24) is 4.57 Å². The zero-order valence-corrected chi connectivity index (χ0v) is 25.8. The van der Waals surface area contributed by atoms with Crippen LogP contribution in [0.25, 0.3) is 90.1 Å². The number of benzene rings is 7. The molecule has 0 amide bonds. The van der Waals surface area contributed by atoms with Crippen molar-refractivity contribution in [2.45, 2.75) is 0 Å². The molecule has 0 aliphatic heterocycles. The minimum atomic E-state index is 1.23. The van der Waals surface area contributed by atoms with Crippen molar-refractivity contribution < 1.29 is 0 Å². The first-order valence-corrected chi connectivity index (χ1v) is 16.9. The molecule has 45 heavy (non-hydrogen) atoms. The van der Waals surface area contributed by atoms with E-state index in [0.717, 1.165) is 0 Å². The maximum atomic E-state index is 2.54. The summed E-state index contributed by atoms with van der Waals surface area (Å²) >= 11 is 3.80.